The zero-order valence-corrected chi connectivity index (χ0v) is 10.7. The second-order valence-corrected chi connectivity index (χ2v) is 4.38. The minimum atomic E-state index is -0.760. The molecule has 0 unspecified atom stereocenters. The number of nitro groups is 1. The molecule has 1 N–H and O–H groups in total. The van der Waals surface area contributed by atoms with Crippen molar-refractivity contribution in [2.24, 2.45) is 0 Å². The molecule has 0 aliphatic heterocycles. The van der Waals surface area contributed by atoms with Crippen molar-refractivity contribution in [2.75, 3.05) is 0 Å². The largest absolute Gasteiger partial charge is 0.488 e. The van der Waals surface area contributed by atoms with E-state index in [4.69, 9.17) is 34.8 Å². The topological polar surface area (TPSA) is 81.2 Å². The molecule has 9 heteroatoms. The SMILES string of the molecule is O=[N+]([O-])c1cnn(-c2ccc(Cl)c(Cl)c2Cl)c1O. The molecule has 94 valence electrons. The summed E-state index contributed by atoms with van der Waals surface area (Å²) >= 11 is 17.5. The second kappa shape index (κ2) is 4.64. The average molecular weight is 309 g/mol. The molecule has 2 aromatic rings. The van der Waals surface area contributed by atoms with Crippen molar-refractivity contribution in [1.29, 1.82) is 0 Å². The summed E-state index contributed by atoms with van der Waals surface area (Å²) in [6.07, 6.45) is 0.911. The molecule has 0 saturated carbocycles. The Hall–Kier alpha value is -1.50. The van der Waals surface area contributed by atoms with Gasteiger partial charge in [-0.15, -0.1) is 0 Å². The van der Waals surface area contributed by atoms with Gasteiger partial charge in [-0.1, -0.05) is 34.8 Å². The maximum atomic E-state index is 10.6. The molecule has 0 saturated heterocycles. The van der Waals surface area contributed by atoms with E-state index in [2.05, 4.69) is 5.10 Å². The lowest BCUT2D eigenvalue weighted by Crippen LogP contribution is -1.97. The van der Waals surface area contributed by atoms with Gasteiger partial charge in [0.15, 0.2) is 0 Å². The smallest absolute Gasteiger partial charge is 0.350 e. The van der Waals surface area contributed by atoms with E-state index in [9.17, 15) is 15.2 Å². The van der Waals surface area contributed by atoms with Gasteiger partial charge in [0.2, 0.25) is 0 Å². The Morgan fingerprint density at radius 3 is 2.50 bits per heavy atom. The van der Waals surface area contributed by atoms with Crippen LogP contribution in [-0.4, -0.2) is 19.8 Å². The second-order valence-electron chi connectivity index (χ2n) is 3.22. The summed E-state index contributed by atoms with van der Waals surface area (Å²) in [5.41, 5.74) is -0.339. The van der Waals surface area contributed by atoms with Crippen molar-refractivity contribution >= 4 is 40.5 Å². The monoisotopic (exact) mass is 307 g/mol. The number of hydrogen-bond donors (Lipinski definition) is 1. The number of hydrogen-bond acceptors (Lipinski definition) is 4. The summed E-state index contributed by atoms with van der Waals surface area (Å²) in [7, 11) is 0. The Labute approximate surface area is 115 Å². The van der Waals surface area contributed by atoms with E-state index in [1.54, 1.807) is 0 Å². The molecule has 6 nitrogen and oxygen atoms in total. The van der Waals surface area contributed by atoms with E-state index < -0.39 is 16.5 Å². The number of nitrogens with zero attached hydrogens (tertiary/aromatic N) is 3. The molecule has 0 spiro atoms. The van der Waals surface area contributed by atoms with Crippen molar-refractivity contribution in [3.8, 4) is 11.6 Å². The fourth-order valence-electron chi connectivity index (χ4n) is 1.32. The van der Waals surface area contributed by atoms with Crippen LogP contribution in [0.4, 0.5) is 5.69 Å². The minimum Gasteiger partial charge on any atom is -0.488 e. The van der Waals surface area contributed by atoms with E-state index in [1.807, 2.05) is 0 Å². The minimum absolute atomic E-state index is 0.0393. The summed E-state index contributed by atoms with van der Waals surface area (Å²) in [6.45, 7) is 0. The first-order valence-electron chi connectivity index (χ1n) is 4.48. The Balaban J connectivity index is 2.63. The van der Waals surface area contributed by atoms with Crippen molar-refractivity contribution in [3.63, 3.8) is 0 Å². The van der Waals surface area contributed by atoms with Crippen LogP contribution in [0.25, 0.3) is 5.69 Å². The van der Waals surface area contributed by atoms with Crippen LogP contribution in [0.15, 0.2) is 18.3 Å². The van der Waals surface area contributed by atoms with Crippen LogP contribution in [0.1, 0.15) is 0 Å². The molecule has 0 bridgehead atoms. The van der Waals surface area contributed by atoms with Crippen LogP contribution in [-0.2, 0) is 0 Å². The van der Waals surface area contributed by atoms with Gasteiger partial charge in [-0.05, 0) is 12.1 Å². The van der Waals surface area contributed by atoms with E-state index in [1.165, 1.54) is 12.1 Å². The highest BCUT2D eigenvalue weighted by Crippen LogP contribution is 2.37. The molecule has 1 heterocycles. The molecule has 0 fully saturated rings. The molecule has 0 aliphatic rings. The van der Waals surface area contributed by atoms with Gasteiger partial charge in [-0.3, -0.25) is 10.1 Å². The quantitative estimate of drug-likeness (QED) is 0.523. The number of aromatic hydroxyl groups is 1. The summed E-state index contributed by atoms with van der Waals surface area (Å²) in [6, 6.07) is 2.88. The number of rotatable bonds is 2. The summed E-state index contributed by atoms with van der Waals surface area (Å²) < 4.78 is 0.905. The van der Waals surface area contributed by atoms with Crippen LogP contribution in [0, 0.1) is 10.1 Å². The Morgan fingerprint density at radius 2 is 1.94 bits per heavy atom. The van der Waals surface area contributed by atoms with Gasteiger partial charge in [0.25, 0.3) is 5.88 Å². The van der Waals surface area contributed by atoms with Crippen LogP contribution in [0.2, 0.25) is 15.1 Å². The highest BCUT2D eigenvalue weighted by atomic mass is 35.5. The third-order valence-corrected chi connectivity index (χ3v) is 3.45. The van der Waals surface area contributed by atoms with Gasteiger partial charge in [-0.25, -0.2) is 0 Å². The Morgan fingerprint density at radius 1 is 1.28 bits per heavy atom. The van der Waals surface area contributed by atoms with Gasteiger partial charge in [0.1, 0.15) is 6.20 Å². The third-order valence-electron chi connectivity index (χ3n) is 2.16. The fraction of sp³-hybridized carbons (Fsp3) is 0. The van der Waals surface area contributed by atoms with Gasteiger partial charge >= 0.3 is 5.69 Å². The Bertz CT molecular complexity index is 641. The number of aromatic nitrogens is 2. The standard InChI is InChI=1S/C9H4Cl3N3O3/c10-4-1-2-5(8(12)7(4)11)14-9(16)6(3-13-14)15(17)18/h1-3,16H. The number of benzene rings is 1. The maximum Gasteiger partial charge on any atom is 0.350 e. The van der Waals surface area contributed by atoms with E-state index in [0.29, 0.717) is 0 Å². The highest BCUT2D eigenvalue weighted by Gasteiger charge is 2.22. The van der Waals surface area contributed by atoms with Gasteiger partial charge in [0, 0.05) is 0 Å². The number of halogens is 3. The molecule has 0 atom stereocenters. The van der Waals surface area contributed by atoms with Crippen molar-refractivity contribution in [3.05, 3.63) is 43.5 Å². The van der Waals surface area contributed by atoms with Crippen LogP contribution >= 0.6 is 34.8 Å². The van der Waals surface area contributed by atoms with Gasteiger partial charge < -0.3 is 5.11 Å². The van der Waals surface area contributed by atoms with Gasteiger partial charge in [-0.2, -0.15) is 9.78 Å². The zero-order chi connectivity index (χ0) is 13.4. The van der Waals surface area contributed by atoms with E-state index >= 15 is 0 Å². The predicted octanol–water partition coefficient (Wildman–Crippen LogP) is 3.45. The third kappa shape index (κ3) is 1.98. The molecule has 0 amide bonds. The van der Waals surface area contributed by atoms with Crippen LogP contribution < -0.4 is 0 Å². The summed E-state index contributed by atoms with van der Waals surface area (Å²) in [4.78, 5) is 9.82. The van der Waals surface area contributed by atoms with Crippen LogP contribution in [0.3, 0.4) is 0 Å². The molecule has 1 aromatic heterocycles. The summed E-state index contributed by atoms with van der Waals surface area (Å²) in [5.74, 6) is -0.639. The lowest BCUT2D eigenvalue weighted by atomic mass is 10.3. The first-order valence-corrected chi connectivity index (χ1v) is 5.62. The van der Waals surface area contributed by atoms with E-state index in [0.717, 1.165) is 10.9 Å². The first kappa shape index (κ1) is 12.9. The van der Waals surface area contributed by atoms with Crippen molar-refractivity contribution in [2.45, 2.75) is 0 Å². The van der Waals surface area contributed by atoms with Gasteiger partial charge in [0.05, 0.1) is 25.7 Å². The average Bonchev–Trinajstić information content (AvgIpc) is 2.69. The van der Waals surface area contributed by atoms with Crippen LogP contribution in [0.5, 0.6) is 5.88 Å². The van der Waals surface area contributed by atoms with Crippen molar-refractivity contribution in [1.82, 2.24) is 9.78 Å². The predicted molar refractivity (Wildman–Crippen MR) is 66.9 cm³/mol. The molecule has 0 radical (unpaired) electrons. The Kier molecular flexibility index (Phi) is 3.34. The fourth-order valence-corrected chi connectivity index (χ4v) is 1.93. The highest BCUT2D eigenvalue weighted by molar-refractivity contribution is 6.48. The zero-order valence-electron chi connectivity index (χ0n) is 8.47. The lowest BCUT2D eigenvalue weighted by Gasteiger charge is -2.07. The summed E-state index contributed by atoms with van der Waals surface area (Å²) in [5, 5.41) is 24.3. The van der Waals surface area contributed by atoms with Crippen molar-refractivity contribution < 1.29 is 10.0 Å². The van der Waals surface area contributed by atoms with E-state index in [-0.39, 0.29) is 20.8 Å². The lowest BCUT2D eigenvalue weighted by molar-refractivity contribution is -0.385. The molecule has 1 aromatic carbocycles. The molecule has 2 rings (SSSR count). The molecule has 0 aliphatic carbocycles. The molecular weight excluding hydrogens is 304 g/mol. The first-order chi connectivity index (χ1) is 8.43. The normalized spacial score (nSPS) is 10.6. The maximum absolute atomic E-state index is 10.6. The molecule has 18 heavy (non-hydrogen) atoms. The molecular formula is C9H4Cl3N3O3.